The summed E-state index contributed by atoms with van der Waals surface area (Å²) in [5, 5.41) is 11.3. The molecule has 1 unspecified atom stereocenters. The van der Waals surface area contributed by atoms with Crippen LogP contribution in [0.25, 0.3) is 5.69 Å². The number of ether oxygens (including phenoxy) is 1. The summed E-state index contributed by atoms with van der Waals surface area (Å²) in [6.45, 7) is 2.70. The van der Waals surface area contributed by atoms with Crippen molar-refractivity contribution in [2.24, 2.45) is 4.99 Å². The van der Waals surface area contributed by atoms with Crippen LogP contribution in [-0.2, 0) is 6.54 Å². The number of hydrogen-bond acceptors (Lipinski definition) is 3. The number of guanidine groups is 1. The van der Waals surface area contributed by atoms with Crippen molar-refractivity contribution in [1.82, 2.24) is 20.4 Å². The summed E-state index contributed by atoms with van der Waals surface area (Å²) in [6, 6.07) is 20.2. The summed E-state index contributed by atoms with van der Waals surface area (Å²) in [5.74, 6) is 1.57. The van der Waals surface area contributed by atoms with Crippen molar-refractivity contribution in [3.63, 3.8) is 0 Å². The van der Waals surface area contributed by atoms with Gasteiger partial charge in [-0.2, -0.15) is 5.10 Å². The summed E-state index contributed by atoms with van der Waals surface area (Å²) in [7, 11) is 3.43. The first-order valence-corrected chi connectivity index (χ1v) is 8.90. The van der Waals surface area contributed by atoms with Gasteiger partial charge in [0.25, 0.3) is 0 Å². The highest BCUT2D eigenvalue weighted by Crippen LogP contribution is 2.14. The highest BCUT2D eigenvalue weighted by molar-refractivity contribution is 14.0. The van der Waals surface area contributed by atoms with Crippen LogP contribution in [0.5, 0.6) is 5.75 Å². The molecule has 28 heavy (non-hydrogen) atoms. The fourth-order valence-corrected chi connectivity index (χ4v) is 2.73. The van der Waals surface area contributed by atoms with Gasteiger partial charge in [-0.15, -0.1) is 24.0 Å². The maximum Gasteiger partial charge on any atom is 0.191 e. The first-order valence-electron chi connectivity index (χ1n) is 8.90. The van der Waals surface area contributed by atoms with Crippen LogP contribution in [0, 0.1) is 0 Å². The molecule has 0 spiro atoms. The first-order chi connectivity index (χ1) is 13.2. The summed E-state index contributed by atoms with van der Waals surface area (Å²) in [6.07, 6.45) is 1.95. The molecule has 0 bridgehead atoms. The Bertz CT molecular complexity index is 877. The number of benzene rings is 2. The van der Waals surface area contributed by atoms with Crippen LogP contribution in [0.3, 0.4) is 0 Å². The molecule has 0 amide bonds. The Labute approximate surface area is 183 Å². The third-order valence-corrected chi connectivity index (χ3v) is 4.29. The number of halogens is 1. The van der Waals surface area contributed by atoms with Crippen molar-refractivity contribution in [1.29, 1.82) is 0 Å². The van der Waals surface area contributed by atoms with Crippen molar-refractivity contribution in [3.8, 4) is 11.4 Å². The molecule has 2 N–H and O–H groups in total. The number of rotatable bonds is 6. The number of aromatic nitrogens is 2. The Morgan fingerprint density at radius 2 is 1.82 bits per heavy atom. The van der Waals surface area contributed by atoms with Gasteiger partial charge >= 0.3 is 0 Å². The second-order valence-electron chi connectivity index (χ2n) is 6.15. The van der Waals surface area contributed by atoms with E-state index < -0.39 is 0 Å². The number of nitrogens with zero attached hydrogens (tertiary/aromatic N) is 3. The van der Waals surface area contributed by atoms with E-state index in [1.54, 1.807) is 14.2 Å². The molecule has 0 aliphatic carbocycles. The van der Waals surface area contributed by atoms with Crippen molar-refractivity contribution in [3.05, 3.63) is 78.1 Å². The van der Waals surface area contributed by atoms with Gasteiger partial charge in [-0.1, -0.05) is 30.3 Å². The Morgan fingerprint density at radius 3 is 2.46 bits per heavy atom. The average Bonchev–Trinajstić information content (AvgIpc) is 3.20. The minimum Gasteiger partial charge on any atom is -0.497 e. The quantitative estimate of drug-likeness (QED) is 0.312. The second-order valence-corrected chi connectivity index (χ2v) is 6.15. The molecule has 1 heterocycles. The first kappa shape index (κ1) is 21.7. The molecule has 0 radical (unpaired) electrons. The monoisotopic (exact) mass is 491 g/mol. The third kappa shape index (κ3) is 5.72. The number of aliphatic imine (C=N–C) groups is 1. The van der Waals surface area contributed by atoms with Crippen molar-refractivity contribution in [2.45, 2.75) is 19.5 Å². The van der Waals surface area contributed by atoms with Gasteiger partial charge in [0.15, 0.2) is 5.96 Å². The largest absolute Gasteiger partial charge is 0.497 e. The zero-order valence-electron chi connectivity index (χ0n) is 16.3. The number of nitrogens with one attached hydrogen (secondary N) is 2. The maximum atomic E-state index is 5.19. The molecule has 2 aromatic carbocycles. The van der Waals surface area contributed by atoms with Crippen LogP contribution in [0.4, 0.5) is 0 Å². The molecule has 0 aliphatic heterocycles. The second kappa shape index (κ2) is 10.7. The zero-order chi connectivity index (χ0) is 19.1. The van der Waals surface area contributed by atoms with Gasteiger partial charge in [0.1, 0.15) is 5.75 Å². The van der Waals surface area contributed by atoms with Crippen LogP contribution in [0.1, 0.15) is 24.2 Å². The van der Waals surface area contributed by atoms with Gasteiger partial charge in [0.2, 0.25) is 0 Å². The van der Waals surface area contributed by atoms with E-state index in [1.807, 2.05) is 59.4 Å². The van der Waals surface area contributed by atoms with E-state index in [0.29, 0.717) is 6.54 Å². The molecule has 6 nitrogen and oxygen atoms in total. The van der Waals surface area contributed by atoms with E-state index in [0.717, 1.165) is 23.1 Å². The van der Waals surface area contributed by atoms with E-state index >= 15 is 0 Å². The molecular formula is C21H26IN5O. The predicted molar refractivity (Wildman–Crippen MR) is 124 cm³/mol. The maximum absolute atomic E-state index is 5.19. The number of hydrogen-bond donors (Lipinski definition) is 2. The lowest BCUT2D eigenvalue weighted by Crippen LogP contribution is -2.38. The lowest BCUT2D eigenvalue weighted by atomic mass is 10.1. The molecular weight excluding hydrogens is 465 g/mol. The topological polar surface area (TPSA) is 63.5 Å². The summed E-state index contributed by atoms with van der Waals surface area (Å²) >= 11 is 0. The highest BCUT2D eigenvalue weighted by atomic mass is 127. The zero-order valence-corrected chi connectivity index (χ0v) is 18.6. The van der Waals surface area contributed by atoms with Crippen molar-refractivity contribution < 1.29 is 4.74 Å². The highest BCUT2D eigenvalue weighted by Gasteiger charge is 2.08. The van der Waals surface area contributed by atoms with E-state index in [-0.39, 0.29) is 30.0 Å². The fraction of sp³-hybridized carbons (Fsp3) is 0.238. The smallest absolute Gasteiger partial charge is 0.191 e. The van der Waals surface area contributed by atoms with Gasteiger partial charge < -0.3 is 15.4 Å². The van der Waals surface area contributed by atoms with Crippen LogP contribution >= 0.6 is 24.0 Å². The van der Waals surface area contributed by atoms with Crippen LogP contribution in [0.15, 0.2) is 71.9 Å². The van der Waals surface area contributed by atoms with E-state index in [4.69, 9.17) is 4.74 Å². The molecule has 0 fully saturated rings. The molecule has 3 rings (SSSR count). The molecule has 1 aromatic heterocycles. The van der Waals surface area contributed by atoms with Gasteiger partial charge in [-0.25, -0.2) is 4.68 Å². The number of methoxy groups -OCH3 is 1. The average molecular weight is 491 g/mol. The van der Waals surface area contributed by atoms with E-state index in [2.05, 4.69) is 39.8 Å². The van der Waals surface area contributed by atoms with E-state index in [9.17, 15) is 0 Å². The summed E-state index contributed by atoms with van der Waals surface area (Å²) < 4.78 is 7.04. The normalized spacial score (nSPS) is 12.0. The Hall–Kier alpha value is -2.55. The Balaban J connectivity index is 0.00000280. The van der Waals surface area contributed by atoms with Gasteiger partial charge in [-0.3, -0.25) is 4.99 Å². The Kier molecular flexibility index (Phi) is 8.31. The minimum absolute atomic E-state index is 0. The van der Waals surface area contributed by atoms with Crippen molar-refractivity contribution >= 4 is 29.9 Å². The predicted octanol–water partition coefficient (Wildman–Crippen LogP) is 3.93. The molecule has 1 atom stereocenters. The van der Waals surface area contributed by atoms with Gasteiger partial charge in [0.05, 0.1) is 31.1 Å². The molecule has 3 aromatic rings. The lowest BCUT2D eigenvalue weighted by molar-refractivity contribution is 0.414. The van der Waals surface area contributed by atoms with Crippen LogP contribution in [-0.4, -0.2) is 29.9 Å². The molecule has 0 saturated heterocycles. The van der Waals surface area contributed by atoms with Gasteiger partial charge in [-0.05, 0) is 42.8 Å². The molecule has 148 valence electrons. The fourth-order valence-electron chi connectivity index (χ4n) is 2.73. The Morgan fingerprint density at radius 1 is 1.11 bits per heavy atom. The minimum atomic E-state index is 0. The standard InChI is InChI=1S/C21H25N5O.HI/c1-16(17-7-5-4-6-8-17)24-21(22-2)23-15-18-13-14-26(25-18)19-9-11-20(27-3)12-10-19;/h4-14,16H,15H2,1-3H3,(H2,22,23,24);1H. The van der Waals surface area contributed by atoms with Crippen LogP contribution in [0.2, 0.25) is 0 Å². The van der Waals surface area contributed by atoms with E-state index in [1.165, 1.54) is 5.56 Å². The molecule has 7 heteroatoms. The van der Waals surface area contributed by atoms with Gasteiger partial charge in [0, 0.05) is 13.2 Å². The summed E-state index contributed by atoms with van der Waals surface area (Å²) in [5.41, 5.74) is 3.13. The molecule has 0 aliphatic rings. The molecule has 0 saturated carbocycles. The SMILES string of the molecule is CN=C(NCc1ccn(-c2ccc(OC)cc2)n1)NC(C)c1ccccc1.I. The van der Waals surface area contributed by atoms with Crippen LogP contribution < -0.4 is 15.4 Å². The van der Waals surface area contributed by atoms with Crippen molar-refractivity contribution in [2.75, 3.05) is 14.2 Å². The lowest BCUT2D eigenvalue weighted by Gasteiger charge is -2.17. The third-order valence-electron chi connectivity index (χ3n) is 4.29. The summed E-state index contributed by atoms with van der Waals surface area (Å²) in [4.78, 5) is 4.30.